The minimum absolute atomic E-state index is 0.105. The lowest BCUT2D eigenvalue weighted by Gasteiger charge is -2.14. The molecule has 0 saturated carbocycles. The molecule has 0 spiro atoms. The van der Waals surface area contributed by atoms with Crippen LogP contribution in [0.1, 0.15) is 20.8 Å². The SMILES string of the molecule is CCOc1cc(NC(C)C)cc([N+](=O)[O-])c1OC. The number of methoxy groups -OCH3 is 1. The lowest BCUT2D eigenvalue weighted by Crippen LogP contribution is -2.10. The van der Waals surface area contributed by atoms with E-state index < -0.39 is 4.92 Å². The van der Waals surface area contributed by atoms with Gasteiger partial charge in [0, 0.05) is 23.9 Å². The summed E-state index contributed by atoms with van der Waals surface area (Å²) < 4.78 is 10.4. The molecule has 1 rings (SSSR count). The molecule has 0 atom stereocenters. The van der Waals surface area contributed by atoms with Gasteiger partial charge in [-0.15, -0.1) is 0 Å². The largest absolute Gasteiger partial charge is 0.490 e. The van der Waals surface area contributed by atoms with Gasteiger partial charge in [0.05, 0.1) is 18.6 Å². The van der Waals surface area contributed by atoms with Crippen molar-refractivity contribution < 1.29 is 14.4 Å². The Morgan fingerprint density at radius 3 is 2.56 bits per heavy atom. The van der Waals surface area contributed by atoms with Gasteiger partial charge in [-0.1, -0.05) is 0 Å². The summed E-state index contributed by atoms with van der Waals surface area (Å²) in [6.07, 6.45) is 0. The molecule has 6 heteroatoms. The second-order valence-corrected chi connectivity index (χ2v) is 4.02. The number of rotatable bonds is 6. The van der Waals surface area contributed by atoms with Gasteiger partial charge < -0.3 is 14.8 Å². The van der Waals surface area contributed by atoms with Gasteiger partial charge in [-0.25, -0.2) is 0 Å². The summed E-state index contributed by atoms with van der Waals surface area (Å²) in [4.78, 5) is 10.5. The van der Waals surface area contributed by atoms with Crippen molar-refractivity contribution in [3.8, 4) is 11.5 Å². The van der Waals surface area contributed by atoms with E-state index in [4.69, 9.17) is 9.47 Å². The zero-order valence-electron chi connectivity index (χ0n) is 11.0. The Bertz CT molecular complexity index is 432. The monoisotopic (exact) mass is 254 g/mol. The molecule has 0 saturated heterocycles. The molecule has 18 heavy (non-hydrogen) atoms. The molecule has 1 aromatic rings. The van der Waals surface area contributed by atoms with Crippen molar-refractivity contribution in [1.29, 1.82) is 0 Å². The summed E-state index contributed by atoms with van der Waals surface area (Å²) in [6.45, 7) is 6.14. The summed E-state index contributed by atoms with van der Waals surface area (Å²) in [5.74, 6) is 0.522. The highest BCUT2D eigenvalue weighted by Crippen LogP contribution is 2.40. The van der Waals surface area contributed by atoms with Gasteiger partial charge in [0.25, 0.3) is 0 Å². The van der Waals surface area contributed by atoms with Gasteiger partial charge in [-0.3, -0.25) is 10.1 Å². The number of nitrogens with zero attached hydrogens (tertiary/aromatic N) is 1. The van der Waals surface area contributed by atoms with Gasteiger partial charge in [0.2, 0.25) is 5.75 Å². The fraction of sp³-hybridized carbons (Fsp3) is 0.500. The van der Waals surface area contributed by atoms with Crippen molar-refractivity contribution >= 4 is 11.4 Å². The van der Waals surface area contributed by atoms with Crippen LogP contribution in [0.4, 0.5) is 11.4 Å². The van der Waals surface area contributed by atoms with Crippen molar-refractivity contribution in [1.82, 2.24) is 0 Å². The van der Waals surface area contributed by atoms with Crippen LogP contribution in [0, 0.1) is 10.1 Å². The van der Waals surface area contributed by atoms with E-state index in [1.165, 1.54) is 13.2 Å². The maximum absolute atomic E-state index is 11.0. The third kappa shape index (κ3) is 3.26. The lowest BCUT2D eigenvalue weighted by atomic mass is 10.2. The average Bonchev–Trinajstić information content (AvgIpc) is 2.27. The fourth-order valence-corrected chi connectivity index (χ4v) is 1.61. The summed E-state index contributed by atoms with van der Waals surface area (Å²) in [5.41, 5.74) is 0.535. The van der Waals surface area contributed by atoms with Gasteiger partial charge in [0.1, 0.15) is 0 Å². The Morgan fingerprint density at radius 2 is 2.11 bits per heavy atom. The van der Waals surface area contributed by atoms with E-state index in [2.05, 4.69) is 5.32 Å². The van der Waals surface area contributed by atoms with Crippen LogP contribution in [0.5, 0.6) is 11.5 Å². The normalized spacial score (nSPS) is 10.3. The summed E-state index contributed by atoms with van der Waals surface area (Å²) in [7, 11) is 1.39. The summed E-state index contributed by atoms with van der Waals surface area (Å²) >= 11 is 0. The van der Waals surface area contributed by atoms with E-state index >= 15 is 0 Å². The number of nitro groups is 1. The van der Waals surface area contributed by atoms with Crippen molar-refractivity contribution in [2.75, 3.05) is 19.0 Å². The van der Waals surface area contributed by atoms with Crippen LogP contribution in [0.2, 0.25) is 0 Å². The first-order valence-electron chi connectivity index (χ1n) is 5.75. The summed E-state index contributed by atoms with van der Waals surface area (Å²) in [5, 5.41) is 14.1. The first-order valence-corrected chi connectivity index (χ1v) is 5.75. The van der Waals surface area contributed by atoms with Crippen molar-refractivity contribution in [2.24, 2.45) is 0 Å². The topological polar surface area (TPSA) is 73.6 Å². The van der Waals surface area contributed by atoms with Crippen molar-refractivity contribution in [2.45, 2.75) is 26.8 Å². The highest BCUT2D eigenvalue weighted by atomic mass is 16.6. The predicted molar refractivity (Wildman–Crippen MR) is 69.6 cm³/mol. The smallest absolute Gasteiger partial charge is 0.316 e. The minimum Gasteiger partial charge on any atom is -0.490 e. The number of hydrogen-bond donors (Lipinski definition) is 1. The van der Waals surface area contributed by atoms with E-state index in [-0.39, 0.29) is 17.5 Å². The van der Waals surface area contributed by atoms with E-state index in [0.29, 0.717) is 18.0 Å². The molecular weight excluding hydrogens is 236 g/mol. The highest BCUT2D eigenvalue weighted by molar-refractivity contribution is 5.66. The molecule has 1 N–H and O–H groups in total. The second kappa shape index (κ2) is 6.09. The van der Waals surface area contributed by atoms with Crippen LogP contribution >= 0.6 is 0 Å². The average molecular weight is 254 g/mol. The molecule has 0 bridgehead atoms. The molecule has 0 amide bonds. The van der Waals surface area contributed by atoms with Crippen LogP contribution in [-0.2, 0) is 0 Å². The molecule has 1 aromatic carbocycles. The Morgan fingerprint density at radius 1 is 1.44 bits per heavy atom. The van der Waals surface area contributed by atoms with Crippen LogP contribution in [0.15, 0.2) is 12.1 Å². The third-order valence-electron chi connectivity index (χ3n) is 2.19. The van der Waals surface area contributed by atoms with E-state index in [1.807, 2.05) is 20.8 Å². The van der Waals surface area contributed by atoms with Gasteiger partial charge in [-0.2, -0.15) is 0 Å². The molecule has 0 aliphatic carbocycles. The zero-order valence-corrected chi connectivity index (χ0v) is 11.0. The number of nitrogens with one attached hydrogen (secondary N) is 1. The van der Waals surface area contributed by atoms with Gasteiger partial charge >= 0.3 is 5.69 Å². The summed E-state index contributed by atoms with van der Waals surface area (Å²) in [6, 6.07) is 3.32. The quantitative estimate of drug-likeness (QED) is 0.624. The van der Waals surface area contributed by atoms with Crippen LogP contribution in [0.25, 0.3) is 0 Å². The molecule has 0 heterocycles. The first kappa shape index (κ1) is 14.1. The second-order valence-electron chi connectivity index (χ2n) is 4.02. The molecule has 0 aliphatic heterocycles. The lowest BCUT2D eigenvalue weighted by molar-refractivity contribution is -0.385. The van der Waals surface area contributed by atoms with Gasteiger partial charge in [-0.05, 0) is 20.8 Å². The molecule has 0 fully saturated rings. The third-order valence-corrected chi connectivity index (χ3v) is 2.19. The van der Waals surface area contributed by atoms with Crippen LogP contribution in [0.3, 0.4) is 0 Å². The number of anilines is 1. The predicted octanol–water partition coefficient (Wildman–Crippen LogP) is 2.82. The number of ether oxygens (including phenoxy) is 2. The molecule has 0 aromatic heterocycles. The first-order chi connectivity index (χ1) is 8.49. The zero-order chi connectivity index (χ0) is 13.7. The van der Waals surface area contributed by atoms with Crippen LogP contribution < -0.4 is 14.8 Å². The minimum atomic E-state index is -0.479. The standard InChI is InChI=1S/C12H18N2O4/c1-5-18-11-7-9(13-8(2)3)6-10(14(15)16)12(11)17-4/h6-8,13H,5H2,1-4H3. The van der Waals surface area contributed by atoms with Crippen LogP contribution in [-0.4, -0.2) is 24.7 Å². The molecule has 6 nitrogen and oxygen atoms in total. The molecule has 0 radical (unpaired) electrons. The molecule has 0 aliphatic rings. The maximum atomic E-state index is 11.0. The number of hydrogen-bond acceptors (Lipinski definition) is 5. The fourth-order valence-electron chi connectivity index (χ4n) is 1.61. The van der Waals surface area contributed by atoms with E-state index in [1.54, 1.807) is 6.07 Å². The number of nitro benzene ring substituents is 1. The molecule has 100 valence electrons. The van der Waals surface area contributed by atoms with Crippen molar-refractivity contribution in [3.05, 3.63) is 22.2 Å². The Labute approximate surface area is 106 Å². The molecular formula is C12H18N2O4. The Balaban J connectivity index is 3.29. The van der Waals surface area contributed by atoms with Crippen molar-refractivity contribution in [3.63, 3.8) is 0 Å². The van der Waals surface area contributed by atoms with Gasteiger partial charge in [0.15, 0.2) is 5.75 Å². The Hall–Kier alpha value is -1.98. The molecule has 0 unspecified atom stereocenters. The Kier molecular flexibility index (Phi) is 4.76. The maximum Gasteiger partial charge on any atom is 0.316 e. The van der Waals surface area contributed by atoms with E-state index in [9.17, 15) is 10.1 Å². The number of benzene rings is 1. The highest BCUT2D eigenvalue weighted by Gasteiger charge is 2.21. The van der Waals surface area contributed by atoms with E-state index in [0.717, 1.165) is 0 Å².